The highest BCUT2D eigenvalue weighted by molar-refractivity contribution is 9.10. The van der Waals surface area contributed by atoms with Crippen LogP contribution in [0.15, 0.2) is 41.1 Å². The van der Waals surface area contributed by atoms with Gasteiger partial charge in [-0.3, -0.25) is 4.98 Å². The summed E-state index contributed by atoms with van der Waals surface area (Å²) in [6.07, 6.45) is 3.03. The van der Waals surface area contributed by atoms with Crippen LogP contribution in [-0.4, -0.2) is 9.97 Å². The number of nitrogens with zero attached hydrogens (tertiary/aromatic N) is 2. The molecular formula is C10H9BrN4O. The van der Waals surface area contributed by atoms with Crippen molar-refractivity contribution in [2.75, 3.05) is 5.43 Å². The van der Waals surface area contributed by atoms with Crippen molar-refractivity contribution < 1.29 is 4.74 Å². The molecule has 2 rings (SSSR count). The summed E-state index contributed by atoms with van der Waals surface area (Å²) < 4.78 is 6.48. The van der Waals surface area contributed by atoms with Crippen LogP contribution < -0.4 is 16.0 Å². The molecule has 82 valence electrons. The van der Waals surface area contributed by atoms with Gasteiger partial charge < -0.3 is 10.2 Å². The van der Waals surface area contributed by atoms with Gasteiger partial charge in [0, 0.05) is 4.47 Å². The van der Waals surface area contributed by atoms with Gasteiger partial charge in [-0.25, -0.2) is 5.84 Å². The first-order valence-corrected chi connectivity index (χ1v) is 5.29. The number of ether oxygens (including phenoxy) is 1. The maximum Gasteiger partial charge on any atom is 0.239 e. The molecule has 0 atom stereocenters. The van der Waals surface area contributed by atoms with Gasteiger partial charge in [0.2, 0.25) is 5.88 Å². The molecule has 0 saturated carbocycles. The summed E-state index contributed by atoms with van der Waals surface area (Å²) in [5.74, 6) is 6.74. The first-order valence-electron chi connectivity index (χ1n) is 4.50. The zero-order valence-corrected chi connectivity index (χ0v) is 9.81. The van der Waals surface area contributed by atoms with Crippen molar-refractivity contribution in [1.82, 2.24) is 9.97 Å². The number of nitrogens with two attached hydrogens (primary N) is 1. The number of benzene rings is 1. The summed E-state index contributed by atoms with van der Waals surface area (Å²) >= 11 is 3.34. The Hall–Kier alpha value is -1.66. The molecule has 0 spiro atoms. The molecule has 0 radical (unpaired) electrons. The van der Waals surface area contributed by atoms with Gasteiger partial charge in [0.1, 0.15) is 5.75 Å². The molecule has 5 nitrogen and oxygen atoms in total. The van der Waals surface area contributed by atoms with Crippen LogP contribution in [0.3, 0.4) is 0 Å². The smallest absolute Gasteiger partial charge is 0.239 e. The van der Waals surface area contributed by atoms with Gasteiger partial charge in [-0.2, -0.15) is 4.98 Å². The second-order valence-corrected chi connectivity index (χ2v) is 3.86. The Kier molecular flexibility index (Phi) is 3.33. The number of nitrogens with one attached hydrogen (secondary N) is 1. The van der Waals surface area contributed by atoms with Crippen molar-refractivity contribution in [2.24, 2.45) is 5.84 Å². The Bertz CT molecular complexity index is 475. The molecule has 0 fully saturated rings. The largest absolute Gasteiger partial charge is 0.437 e. The van der Waals surface area contributed by atoms with Crippen LogP contribution in [0.4, 0.5) is 5.82 Å². The number of aromatic nitrogens is 2. The Morgan fingerprint density at radius 1 is 1.19 bits per heavy atom. The third-order valence-corrected chi connectivity index (χ3v) is 2.33. The Labute approximate surface area is 101 Å². The fourth-order valence-electron chi connectivity index (χ4n) is 1.09. The molecule has 0 saturated heterocycles. The lowest BCUT2D eigenvalue weighted by Gasteiger charge is -2.05. The molecule has 0 unspecified atom stereocenters. The van der Waals surface area contributed by atoms with Gasteiger partial charge >= 0.3 is 0 Å². The Morgan fingerprint density at radius 3 is 2.62 bits per heavy atom. The molecular weight excluding hydrogens is 272 g/mol. The zero-order chi connectivity index (χ0) is 11.4. The Morgan fingerprint density at radius 2 is 1.94 bits per heavy atom. The van der Waals surface area contributed by atoms with Crippen molar-refractivity contribution in [3.8, 4) is 11.6 Å². The molecule has 2 aromatic rings. The van der Waals surface area contributed by atoms with Crippen LogP contribution in [0, 0.1) is 0 Å². The number of hydrogen-bond donors (Lipinski definition) is 2. The van der Waals surface area contributed by atoms with E-state index in [4.69, 9.17) is 10.6 Å². The van der Waals surface area contributed by atoms with E-state index in [1.54, 1.807) is 0 Å². The van der Waals surface area contributed by atoms with Crippen molar-refractivity contribution in [3.63, 3.8) is 0 Å². The average Bonchev–Trinajstić information content (AvgIpc) is 2.32. The molecule has 3 N–H and O–H groups in total. The van der Waals surface area contributed by atoms with E-state index in [2.05, 4.69) is 31.3 Å². The van der Waals surface area contributed by atoms with Crippen LogP contribution in [0.2, 0.25) is 0 Å². The summed E-state index contributed by atoms with van der Waals surface area (Å²) in [5, 5.41) is 0. The summed E-state index contributed by atoms with van der Waals surface area (Å²) in [6, 6.07) is 7.42. The summed E-state index contributed by atoms with van der Waals surface area (Å²) in [6.45, 7) is 0. The first-order chi connectivity index (χ1) is 7.78. The standard InChI is InChI=1S/C10H9BrN4O/c11-7-1-3-8(4-2-7)16-10-6-13-5-9(14-10)15-12/h1-6H,12H2,(H,14,15). The van der Waals surface area contributed by atoms with Crippen molar-refractivity contribution in [2.45, 2.75) is 0 Å². The van der Waals surface area contributed by atoms with E-state index in [0.717, 1.165) is 4.47 Å². The van der Waals surface area contributed by atoms with Gasteiger partial charge in [0.15, 0.2) is 5.82 Å². The molecule has 6 heteroatoms. The molecule has 0 bridgehead atoms. The fourth-order valence-corrected chi connectivity index (χ4v) is 1.35. The van der Waals surface area contributed by atoms with Crippen LogP contribution in [0.25, 0.3) is 0 Å². The minimum atomic E-state index is 0.387. The maximum absolute atomic E-state index is 5.49. The van der Waals surface area contributed by atoms with E-state index >= 15 is 0 Å². The molecule has 0 aliphatic carbocycles. The number of halogens is 1. The van der Waals surface area contributed by atoms with Crippen LogP contribution in [-0.2, 0) is 0 Å². The molecule has 1 heterocycles. The lowest BCUT2D eigenvalue weighted by Crippen LogP contribution is -2.08. The van der Waals surface area contributed by atoms with E-state index in [1.165, 1.54) is 12.4 Å². The molecule has 0 amide bonds. The van der Waals surface area contributed by atoms with Gasteiger partial charge in [-0.05, 0) is 24.3 Å². The number of hydrazine groups is 1. The molecule has 0 aliphatic rings. The predicted molar refractivity (Wildman–Crippen MR) is 64.1 cm³/mol. The monoisotopic (exact) mass is 280 g/mol. The lowest BCUT2D eigenvalue weighted by atomic mass is 10.3. The second-order valence-electron chi connectivity index (χ2n) is 2.94. The number of rotatable bonds is 3. The maximum atomic E-state index is 5.49. The van der Waals surface area contributed by atoms with Crippen LogP contribution in [0.1, 0.15) is 0 Å². The molecule has 1 aromatic heterocycles. The number of nitrogen functional groups attached to an aromatic ring is 1. The summed E-state index contributed by atoms with van der Waals surface area (Å²) in [4.78, 5) is 8.01. The van der Waals surface area contributed by atoms with E-state index in [1.807, 2.05) is 24.3 Å². The Balaban J connectivity index is 2.16. The number of hydrogen-bond acceptors (Lipinski definition) is 5. The van der Waals surface area contributed by atoms with Gasteiger partial charge in [0.05, 0.1) is 12.4 Å². The number of anilines is 1. The summed E-state index contributed by atoms with van der Waals surface area (Å²) in [7, 11) is 0. The zero-order valence-electron chi connectivity index (χ0n) is 8.22. The van der Waals surface area contributed by atoms with Crippen molar-refractivity contribution in [3.05, 3.63) is 41.1 Å². The second kappa shape index (κ2) is 4.91. The normalized spacial score (nSPS) is 9.88. The quantitative estimate of drug-likeness (QED) is 0.667. The van der Waals surface area contributed by atoms with Crippen molar-refractivity contribution in [1.29, 1.82) is 0 Å². The molecule has 0 aliphatic heterocycles. The van der Waals surface area contributed by atoms with Gasteiger partial charge in [0.25, 0.3) is 0 Å². The average molecular weight is 281 g/mol. The summed E-state index contributed by atoms with van der Waals surface area (Å²) in [5.41, 5.74) is 2.40. The van der Waals surface area contributed by atoms with Crippen LogP contribution >= 0.6 is 15.9 Å². The van der Waals surface area contributed by atoms with Crippen molar-refractivity contribution >= 4 is 21.7 Å². The topological polar surface area (TPSA) is 73.1 Å². The third kappa shape index (κ3) is 2.68. The minimum absolute atomic E-state index is 0.387. The van der Waals surface area contributed by atoms with E-state index in [0.29, 0.717) is 17.4 Å². The van der Waals surface area contributed by atoms with E-state index < -0.39 is 0 Å². The van der Waals surface area contributed by atoms with Gasteiger partial charge in [-0.1, -0.05) is 15.9 Å². The molecule has 16 heavy (non-hydrogen) atoms. The minimum Gasteiger partial charge on any atom is -0.437 e. The highest BCUT2D eigenvalue weighted by Crippen LogP contribution is 2.21. The highest BCUT2D eigenvalue weighted by Gasteiger charge is 2.00. The van der Waals surface area contributed by atoms with Gasteiger partial charge in [-0.15, -0.1) is 0 Å². The predicted octanol–water partition coefficient (Wildman–Crippen LogP) is 2.32. The SMILES string of the molecule is NNc1cncc(Oc2ccc(Br)cc2)n1. The fraction of sp³-hybridized carbons (Fsp3) is 0. The van der Waals surface area contributed by atoms with E-state index in [-0.39, 0.29) is 0 Å². The third-order valence-electron chi connectivity index (χ3n) is 1.80. The van der Waals surface area contributed by atoms with E-state index in [9.17, 15) is 0 Å². The first kappa shape index (κ1) is 10.8. The molecule has 1 aromatic carbocycles. The van der Waals surface area contributed by atoms with Crippen LogP contribution in [0.5, 0.6) is 11.6 Å². The highest BCUT2D eigenvalue weighted by atomic mass is 79.9. The lowest BCUT2D eigenvalue weighted by molar-refractivity contribution is 0.461.